The molecule has 0 saturated heterocycles. The van der Waals surface area contributed by atoms with Gasteiger partial charge in [0, 0.05) is 12.7 Å². The van der Waals surface area contributed by atoms with E-state index in [1.54, 1.807) is 6.07 Å². The summed E-state index contributed by atoms with van der Waals surface area (Å²) in [6.07, 6.45) is 1.42. The number of aliphatic carboxylic acids is 1. The minimum Gasteiger partial charge on any atom is -0.481 e. The lowest BCUT2D eigenvalue weighted by molar-refractivity contribution is -0.136. The van der Waals surface area contributed by atoms with Crippen LogP contribution in [0.4, 0.5) is 0 Å². The highest BCUT2D eigenvalue weighted by molar-refractivity contribution is 5.69. The molecule has 1 aromatic heterocycles. The summed E-state index contributed by atoms with van der Waals surface area (Å²) >= 11 is 0. The van der Waals surface area contributed by atoms with E-state index in [0.29, 0.717) is 19.0 Å². The van der Waals surface area contributed by atoms with Gasteiger partial charge in [-0.25, -0.2) is 0 Å². The van der Waals surface area contributed by atoms with E-state index in [4.69, 9.17) is 14.4 Å². The van der Waals surface area contributed by atoms with E-state index in [9.17, 15) is 4.79 Å². The van der Waals surface area contributed by atoms with Gasteiger partial charge in [0.05, 0.1) is 12.3 Å². The smallest absolute Gasteiger partial charge is 0.311 e. The number of benzene rings is 1. The Morgan fingerprint density at radius 3 is 2.85 bits per heavy atom. The van der Waals surface area contributed by atoms with E-state index in [0.717, 1.165) is 24.1 Å². The number of carboxylic acid groups (broad SMARTS) is 1. The zero-order valence-electron chi connectivity index (χ0n) is 11.1. The first-order valence-corrected chi connectivity index (χ1v) is 6.52. The van der Waals surface area contributed by atoms with Gasteiger partial charge in [-0.15, -0.1) is 0 Å². The highest BCUT2D eigenvalue weighted by Gasteiger charge is 2.07. The summed E-state index contributed by atoms with van der Waals surface area (Å²) in [5.74, 6) is -0.531. The van der Waals surface area contributed by atoms with Crippen molar-refractivity contribution in [3.05, 3.63) is 53.4 Å². The van der Waals surface area contributed by atoms with E-state index in [2.05, 4.69) is 5.16 Å². The Kier molecular flexibility index (Phi) is 5.32. The van der Waals surface area contributed by atoms with Gasteiger partial charge in [0.15, 0.2) is 0 Å². The SMILES string of the molecule is O=C(O)Cc1cc(CCCOCc2ccccc2)no1. The molecule has 5 nitrogen and oxygen atoms in total. The number of ether oxygens (including phenoxy) is 1. The molecule has 2 rings (SSSR count). The molecule has 0 saturated carbocycles. The molecule has 0 fully saturated rings. The van der Waals surface area contributed by atoms with E-state index < -0.39 is 5.97 Å². The van der Waals surface area contributed by atoms with Crippen molar-refractivity contribution in [2.75, 3.05) is 6.61 Å². The summed E-state index contributed by atoms with van der Waals surface area (Å²) in [7, 11) is 0. The number of nitrogens with zero attached hydrogens (tertiary/aromatic N) is 1. The summed E-state index contributed by atoms with van der Waals surface area (Å²) in [4.78, 5) is 10.5. The number of hydrogen-bond donors (Lipinski definition) is 1. The van der Waals surface area contributed by atoms with Crippen molar-refractivity contribution in [1.82, 2.24) is 5.16 Å². The molecular weight excluding hydrogens is 258 g/mol. The monoisotopic (exact) mass is 275 g/mol. The van der Waals surface area contributed by atoms with Crippen molar-refractivity contribution in [2.45, 2.75) is 25.9 Å². The third kappa shape index (κ3) is 4.85. The summed E-state index contributed by atoms with van der Waals surface area (Å²) in [5, 5.41) is 12.5. The second kappa shape index (κ2) is 7.45. The van der Waals surface area contributed by atoms with Gasteiger partial charge in [0.2, 0.25) is 0 Å². The van der Waals surface area contributed by atoms with Crippen LogP contribution in [0.2, 0.25) is 0 Å². The normalized spacial score (nSPS) is 10.6. The van der Waals surface area contributed by atoms with Gasteiger partial charge in [0.25, 0.3) is 0 Å². The maximum Gasteiger partial charge on any atom is 0.311 e. The summed E-state index contributed by atoms with van der Waals surface area (Å²) in [6.45, 7) is 1.24. The molecule has 0 spiro atoms. The van der Waals surface area contributed by atoms with Crippen LogP contribution in [-0.4, -0.2) is 22.8 Å². The molecule has 0 aliphatic carbocycles. The third-order valence-corrected chi connectivity index (χ3v) is 2.77. The van der Waals surface area contributed by atoms with Gasteiger partial charge >= 0.3 is 5.97 Å². The summed E-state index contributed by atoms with van der Waals surface area (Å²) in [6, 6.07) is 11.7. The van der Waals surface area contributed by atoms with Crippen LogP contribution in [0.1, 0.15) is 23.4 Å². The Morgan fingerprint density at radius 2 is 2.10 bits per heavy atom. The fourth-order valence-corrected chi connectivity index (χ4v) is 1.83. The number of hydrogen-bond acceptors (Lipinski definition) is 4. The zero-order valence-corrected chi connectivity index (χ0v) is 11.1. The van der Waals surface area contributed by atoms with Crippen LogP contribution in [-0.2, 0) is 29.0 Å². The molecule has 2 aromatic rings. The molecule has 0 atom stereocenters. The fourth-order valence-electron chi connectivity index (χ4n) is 1.83. The highest BCUT2D eigenvalue weighted by Crippen LogP contribution is 2.07. The van der Waals surface area contributed by atoms with Gasteiger partial charge in [-0.2, -0.15) is 0 Å². The molecule has 1 heterocycles. The molecule has 5 heteroatoms. The molecule has 1 aromatic carbocycles. The van der Waals surface area contributed by atoms with Crippen molar-refractivity contribution in [1.29, 1.82) is 0 Å². The molecule has 106 valence electrons. The lowest BCUT2D eigenvalue weighted by Crippen LogP contribution is -1.98. The Morgan fingerprint density at radius 1 is 1.30 bits per heavy atom. The lowest BCUT2D eigenvalue weighted by Gasteiger charge is -2.03. The predicted octanol–water partition coefficient (Wildman–Crippen LogP) is 2.45. The molecule has 0 amide bonds. The van der Waals surface area contributed by atoms with Crippen molar-refractivity contribution in [3.63, 3.8) is 0 Å². The molecule has 1 N–H and O–H groups in total. The number of carboxylic acids is 1. The average Bonchev–Trinajstić information content (AvgIpc) is 2.86. The van der Waals surface area contributed by atoms with Crippen molar-refractivity contribution < 1.29 is 19.2 Å². The van der Waals surface area contributed by atoms with E-state index in [1.807, 2.05) is 30.3 Å². The molecule has 0 unspecified atom stereocenters. The summed E-state index contributed by atoms with van der Waals surface area (Å²) < 4.78 is 10.5. The number of carbonyl (C=O) groups is 1. The number of aromatic nitrogens is 1. The van der Waals surface area contributed by atoms with Crippen LogP contribution in [0.25, 0.3) is 0 Å². The fraction of sp³-hybridized carbons (Fsp3) is 0.333. The Labute approximate surface area is 117 Å². The third-order valence-electron chi connectivity index (χ3n) is 2.77. The molecule has 0 radical (unpaired) electrons. The van der Waals surface area contributed by atoms with Crippen molar-refractivity contribution in [2.24, 2.45) is 0 Å². The topological polar surface area (TPSA) is 72.6 Å². The van der Waals surface area contributed by atoms with Gasteiger partial charge in [-0.1, -0.05) is 35.5 Å². The second-order valence-electron chi connectivity index (χ2n) is 4.50. The van der Waals surface area contributed by atoms with Crippen molar-refractivity contribution >= 4 is 5.97 Å². The Bertz CT molecular complexity index is 536. The zero-order chi connectivity index (χ0) is 14.2. The predicted molar refractivity (Wildman–Crippen MR) is 72.3 cm³/mol. The molecule has 20 heavy (non-hydrogen) atoms. The first kappa shape index (κ1) is 14.3. The lowest BCUT2D eigenvalue weighted by atomic mass is 10.2. The van der Waals surface area contributed by atoms with Gasteiger partial charge in [-0.05, 0) is 18.4 Å². The van der Waals surface area contributed by atoms with Crippen LogP contribution >= 0.6 is 0 Å². The van der Waals surface area contributed by atoms with Gasteiger partial charge in [-0.3, -0.25) is 4.79 Å². The molecule has 0 bridgehead atoms. The maximum atomic E-state index is 10.5. The minimum atomic E-state index is -0.918. The Hall–Kier alpha value is -2.14. The Balaban J connectivity index is 1.63. The molecular formula is C15H17NO4. The highest BCUT2D eigenvalue weighted by atomic mass is 16.5. The number of rotatable bonds is 8. The van der Waals surface area contributed by atoms with E-state index >= 15 is 0 Å². The van der Waals surface area contributed by atoms with Gasteiger partial charge < -0.3 is 14.4 Å². The quantitative estimate of drug-likeness (QED) is 0.749. The number of aryl methyl sites for hydroxylation is 1. The van der Waals surface area contributed by atoms with Crippen LogP contribution in [0, 0.1) is 0 Å². The second-order valence-corrected chi connectivity index (χ2v) is 4.50. The van der Waals surface area contributed by atoms with Crippen LogP contribution < -0.4 is 0 Å². The summed E-state index contributed by atoms with van der Waals surface area (Å²) in [5.41, 5.74) is 1.92. The van der Waals surface area contributed by atoms with E-state index in [1.165, 1.54) is 0 Å². The van der Waals surface area contributed by atoms with Crippen LogP contribution in [0.3, 0.4) is 0 Å². The maximum absolute atomic E-state index is 10.5. The van der Waals surface area contributed by atoms with Crippen LogP contribution in [0.5, 0.6) is 0 Å². The van der Waals surface area contributed by atoms with Crippen molar-refractivity contribution in [3.8, 4) is 0 Å². The first-order chi connectivity index (χ1) is 9.74. The molecule has 0 aliphatic heterocycles. The van der Waals surface area contributed by atoms with Gasteiger partial charge in [0.1, 0.15) is 12.2 Å². The first-order valence-electron chi connectivity index (χ1n) is 6.52. The standard InChI is InChI=1S/C15H17NO4/c17-15(18)10-14-9-13(16-20-14)7-4-8-19-11-12-5-2-1-3-6-12/h1-3,5-6,9H,4,7-8,10-11H2,(H,17,18). The van der Waals surface area contributed by atoms with Crippen LogP contribution in [0.15, 0.2) is 40.9 Å². The average molecular weight is 275 g/mol. The molecule has 0 aliphatic rings. The minimum absolute atomic E-state index is 0.127. The van der Waals surface area contributed by atoms with E-state index in [-0.39, 0.29) is 6.42 Å². The largest absolute Gasteiger partial charge is 0.481 e.